The van der Waals surface area contributed by atoms with Gasteiger partial charge in [-0.05, 0) is 44.9 Å². The predicted octanol–water partition coefficient (Wildman–Crippen LogP) is 0.752. The monoisotopic (exact) mass is 240 g/mol. The standard InChI is InChI=1S/C10H16N4OS/c1-14(2)7-10(4-3-5-10)12-9(15)8-6-11-13-16-8/h6H,3-5,7H2,1-2H3,(H,12,15). The maximum atomic E-state index is 11.9. The van der Waals surface area contributed by atoms with Crippen LogP contribution in [0.25, 0.3) is 0 Å². The number of nitrogens with zero attached hydrogens (tertiary/aromatic N) is 3. The first-order chi connectivity index (χ1) is 7.61. The normalized spacial score (nSPS) is 18.2. The number of carbonyl (C=O) groups excluding carboxylic acids is 1. The Morgan fingerprint density at radius 3 is 2.81 bits per heavy atom. The van der Waals surface area contributed by atoms with Crippen LogP contribution in [0.5, 0.6) is 0 Å². The fourth-order valence-corrected chi connectivity index (χ4v) is 2.51. The first-order valence-electron chi connectivity index (χ1n) is 5.36. The molecule has 0 spiro atoms. The van der Waals surface area contributed by atoms with Gasteiger partial charge < -0.3 is 10.2 Å². The number of rotatable bonds is 4. The fraction of sp³-hybridized carbons (Fsp3) is 0.700. The zero-order valence-electron chi connectivity index (χ0n) is 9.56. The summed E-state index contributed by atoms with van der Waals surface area (Å²) in [5.74, 6) is -0.0449. The quantitative estimate of drug-likeness (QED) is 0.844. The highest BCUT2D eigenvalue weighted by atomic mass is 32.1. The summed E-state index contributed by atoms with van der Waals surface area (Å²) in [6.45, 7) is 0.894. The fourth-order valence-electron chi connectivity index (χ4n) is 2.10. The number of carbonyl (C=O) groups is 1. The van der Waals surface area contributed by atoms with Gasteiger partial charge in [-0.15, -0.1) is 5.10 Å². The van der Waals surface area contributed by atoms with Gasteiger partial charge in [0.2, 0.25) is 0 Å². The first kappa shape index (κ1) is 11.5. The third-order valence-corrected chi connectivity index (χ3v) is 3.56. The minimum absolute atomic E-state index is 0.0371. The van der Waals surface area contributed by atoms with Crippen LogP contribution in [-0.4, -0.2) is 46.6 Å². The number of hydrogen-bond acceptors (Lipinski definition) is 5. The lowest BCUT2D eigenvalue weighted by atomic mass is 9.76. The number of hydrogen-bond donors (Lipinski definition) is 1. The highest BCUT2D eigenvalue weighted by Crippen LogP contribution is 2.32. The maximum absolute atomic E-state index is 11.9. The lowest BCUT2D eigenvalue weighted by Crippen LogP contribution is -2.58. The number of aromatic nitrogens is 2. The molecule has 88 valence electrons. The molecule has 0 radical (unpaired) electrons. The first-order valence-corrected chi connectivity index (χ1v) is 6.13. The topological polar surface area (TPSA) is 58.1 Å². The van der Waals surface area contributed by atoms with Gasteiger partial charge in [0.05, 0.1) is 11.7 Å². The molecule has 1 fully saturated rings. The van der Waals surface area contributed by atoms with Crippen molar-refractivity contribution < 1.29 is 4.79 Å². The zero-order valence-corrected chi connectivity index (χ0v) is 10.4. The van der Waals surface area contributed by atoms with Gasteiger partial charge in [0.15, 0.2) is 0 Å². The summed E-state index contributed by atoms with van der Waals surface area (Å²) in [4.78, 5) is 14.6. The molecule has 0 unspecified atom stereocenters. The summed E-state index contributed by atoms with van der Waals surface area (Å²) < 4.78 is 3.70. The smallest absolute Gasteiger partial charge is 0.265 e. The molecule has 2 rings (SSSR count). The Hall–Kier alpha value is -1.01. The van der Waals surface area contributed by atoms with E-state index < -0.39 is 0 Å². The summed E-state index contributed by atoms with van der Waals surface area (Å²) in [5.41, 5.74) is -0.0371. The van der Waals surface area contributed by atoms with Crippen LogP contribution < -0.4 is 5.32 Å². The summed E-state index contributed by atoms with van der Waals surface area (Å²) in [6, 6.07) is 0. The second-order valence-electron chi connectivity index (χ2n) is 4.61. The van der Waals surface area contributed by atoms with Crippen LogP contribution in [0, 0.1) is 0 Å². The van der Waals surface area contributed by atoms with Gasteiger partial charge in [0.25, 0.3) is 5.91 Å². The van der Waals surface area contributed by atoms with Crippen molar-refractivity contribution in [2.24, 2.45) is 0 Å². The summed E-state index contributed by atoms with van der Waals surface area (Å²) in [7, 11) is 4.06. The third-order valence-electron chi connectivity index (χ3n) is 2.89. The molecule has 1 saturated carbocycles. The minimum Gasteiger partial charge on any atom is -0.345 e. The van der Waals surface area contributed by atoms with E-state index in [0.29, 0.717) is 4.88 Å². The molecular weight excluding hydrogens is 224 g/mol. The van der Waals surface area contributed by atoms with Crippen LogP contribution >= 0.6 is 11.5 Å². The molecular formula is C10H16N4OS. The van der Waals surface area contributed by atoms with E-state index >= 15 is 0 Å². The molecule has 1 N–H and O–H groups in total. The molecule has 1 aromatic rings. The Labute approximate surface area is 99.0 Å². The van der Waals surface area contributed by atoms with E-state index in [2.05, 4.69) is 19.8 Å². The number of nitrogens with one attached hydrogen (secondary N) is 1. The molecule has 6 heteroatoms. The molecule has 0 aromatic carbocycles. The van der Waals surface area contributed by atoms with E-state index in [1.165, 1.54) is 12.6 Å². The molecule has 1 aliphatic rings. The third kappa shape index (κ3) is 2.38. The van der Waals surface area contributed by atoms with Crippen LogP contribution in [0.2, 0.25) is 0 Å². The molecule has 1 amide bonds. The average Bonchev–Trinajstić information content (AvgIpc) is 2.66. The molecule has 1 aromatic heterocycles. The van der Waals surface area contributed by atoms with Crippen molar-refractivity contribution in [1.29, 1.82) is 0 Å². The molecule has 0 atom stereocenters. The number of likely N-dealkylation sites (N-methyl/N-ethyl adjacent to an activating group) is 1. The SMILES string of the molecule is CN(C)CC1(NC(=O)c2cnns2)CCC1. The molecule has 0 aliphatic heterocycles. The van der Waals surface area contributed by atoms with E-state index in [4.69, 9.17) is 0 Å². The van der Waals surface area contributed by atoms with Crippen molar-refractivity contribution in [1.82, 2.24) is 19.8 Å². The van der Waals surface area contributed by atoms with E-state index in [1.807, 2.05) is 14.1 Å². The van der Waals surface area contributed by atoms with Crippen molar-refractivity contribution in [3.8, 4) is 0 Å². The summed E-state index contributed by atoms with van der Waals surface area (Å²) in [6.07, 6.45) is 4.82. The largest absolute Gasteiger partial charge is 0.345 e. The molecule has 16 heavy (non-hydrogen) atoms. The Morgan fingerprint density at radius 1 is 1.62 bits per heavy atom. The van der Waals surface area contributed by atoms with Crippen molar-refractivity contribution in [2.75, 3.05) is 20.6 Å². The van der Waals surface area contributed by atoms with E-state index in [9.17, 15) is 4.79 Å². The average molecular weight is 240 g/mol. The van der Waals surface area contributed by atoms with Crippen molar-refractivity contribution in [3.05, 3.63) is 11.1 Å². The maximum Gasteiger partial charge on any atom is 0.265 e. The molecule has 5 nitrogen and oxygen atoms in total. The highest BCUT2D eigenvalue weighted by molar-refractivity contribution is 7.07. The van der Waals surface area contributed by atoms with E-state index in [0.717, 1.165) is 30.9 Å². The van der Waals surface area contributed by atoms with Gasteiger partial charge in [-0.2, -0.15) is 0 Å². The van der Waals surface area contributed by atoms with Gasteiger partial charge in [-0.25, -0.2) is 0 Å². The van der Waals surface area contributed by atoms with Crippen molar-refractivity contribution in [2.45, 2.75) is 24.8 Å². The molecule has 0 bridgehead atoms. The Balaban J connectivity index is 1.99. The van der Waals surface area contributed by atoms with Crippen molar-refractivity contribution in [3.63, 3.8) is 0 Å². The number of amides is 1. The van der Waals surface area contributed by atoms with Crippen LogP contribution in [-0.2, 0) is 0 Å². The molecule has 1 aliphatic carbocycles. The lowest BCUT2D eigenvalue weighted by molar-refractivity contribution is 0.0777. The summed E-state index contributed by atoms with van der Waals surface area (Å²) >= 11 is 1.14. The zero-order chi connectivity index (χ0) is 11.6. The minimum atomic E-state index is -0.0449. The Kier molecular flexibility index (Phi) is 3.20. The highest BCUT2D eigenvalue weighted by Gasteiger charge is 2.39. The molecule has 0 saturated heterocycles. The second-order valence-corrected chi connectivity index (χ2v) is 5.39. The predicted molar refractivity (Wildman–Crippen MR) is 62.5 cm³/mol. The lowest BCUT2D eigenvalue weighted by Gasteiger charge is -2.44. The van der Waals surface area contributed by atoms with Crippen LogP contribution in [0.3, 0.4) is 0 Å². The van der Waals surface area contributed by atoms with Crippen LogP contribution in [0.4, 0.5) is 0 Å². The summed E-state index contributed by atoms with van der Waals surface area (Å²) in [5, 5.41) is 6.79. The molecule has 1 heterocycles. The van der Waals surface area contributed by atoms with Crippen LogP contribution in [0.1, 0.15) is 28.9 Å². The van der Waals surface area contributed by atoms with Gasteiger partial charge in [-0.1, -0.05) is 4.49 Å². The Morgan fingerprint density at radius 2 is 2.38 bits per heavy atom. The second kappa shape index (κ2) is 4.47. The van der Waals surface area contributed by atoms with E-state index in [-0.39, 0.29) is 11.4 Å². The van der Waals surface area contributed by atoms with Gasteiger partial charge in [0.1, 0.15) is 4.88 Å². The van der Waals surface area contributed by atoms with Gasteiger partial charge in [-0.3, -0.25) is 4.79 Å². The van der Waals surface area contributed by atoms with Crippen molar-refractivity contribution >= 4 is 17.4 Å². The van der Waals surface area contributed by atoms with Gasteiger partial charge >= 0.3 is 0 Å². The van der Waals surface area contributed by atoms with E-state index in [1.54, 1.807) is 0 Å². The van der Waals surface area contributed by atoms with Gasteiger partial charge in [0, 0.05) is 6.54 Å². The van der Waals surface area contributed by atoms with Crippen LogP contribution in [0.15, 0.2) is 6.20 Å². The Bertz CT molecular complexity index is 359.